The van der Waals surface area contributed by atoms with Crippen LogP contribution in [-0.2, 0) is 17.7 Å². The molecule has 1 N–H and O–H groups in total. The Labute approximate surface area is 194 Å². The van der Waals surface area contributed by atoms with E-state index >= 15 is 0 Å². The minimum atomic E-state index is -0.305. The van der Waals surface area contributed by atoms with Gasteiger partial charge in [-0.1, -0.05) is 6.08 Å². The third-order valence-electron chi connectivity index (χ3n) is 6.74. The van der Waals surface area contributed by atoms with Gasteiger partial charge in [0.25, 0.3) is 11.5 Å². The molecule has 1 amide bonds. The van der Waals surface area contributed by atoms with Crippen molar-refractivity contribution in [1.82, 2.24) is 29.0 Å². The van der Waals surface area contributed by atoms with E-state index in [2.05, 4.69) is 19.5 Å². The van der Waals surface area contributed by atoms with Gasteiger partial charge in [-0.3, -0.25) is 9.59 Å². The molecule has 11 nitrogen and oxygen atoms in total. The average molecular weight is 463 g/mol. The molecule has 6 rings (SSSR count). The number of carbonyl (C=O) groups excluding carboxylic acids is 1. The van der Waals surface area contributed by atoms with Crippen LogP contribution in [0.1, 0.15) is 34.8 Å². The Kier molecular flexibility index (Phi) is 5.05. The van der Waals surface area contributed by atoms with E-state index in [1.165, 1.54) is 16.8 Å². The molecule has 3 aromatic heterocycles. The van der Waals surface area contributed by atoms with Crippen molar-refractivity contribution in [3.05, 3.63) is 52.0 Å². The molecule has 3 aliphatic heterocycles. The molecule has 0 atom stereocenters. The van der Waals surface area contributed by atoms with Crippen molar-refractivity contribution in [2.45, 2.75) is 25.8 Å². The van der Waals surface area contributed by atoms with E-state index in [1.54, 1.807) is 11.0 Å². The van der Waals surface area contributed by atoms with Crippen LogP contribution in [0.15, 0.2) is 29.2 Å². The maximum absolute atomic E-state index is 13.6. The largest absolute Gasteiger partial charge is 0.505 e. The summed E-state index contributed by atoms with van der Waals surface area (Å²) >= 11 is 0. The van der Waals surface area contributed by atoms with E-state index in [0.29, 0.717) is 56.7 Å². The smallest absolute Gasteiger partial charge is 0.299 e. The maximum Gasteiger partial charge on any atom is 0.299 e. The predicted molar refractivity (Wildman–Crippen MR) is 123 cm³/mol. The Morgan fingerprint density at radius 2 is 1.97 bits per heavy atom. The number of carbonyl (C=O) groups is 1. The first kappa shape index (κ1) is 20.8. The molecule has 34 heavy (non-hydrogen) atoms. The first-order chi connectivity index (χ1) is 16.6. The zero-order chi connectivity index (χ0) is 23.2. The fourth-order valence-corrected chi connectivity index (χ4v) is 5.01. The number of hydrogen-bond acceptors (Lipinski definition) is 8. The van der Waals surface area contributed by atoms with E-state index in [0.717, 1.165) is 37.1 Å². The topological polar surface area (TPSA) is 118 Å². The molecule has 176 valence electrons. The van der Waals surface area contributed by atoms with Gasteiger partial charge in [0.1, 0.15) is 11.4 Å². The molecule has 0 radical (unpaired) electrons. The molecule has 0 aliphatic carbocycles. The average Bonchev–Trinajstić information content (AvgIpc) is 3.53. The van der Waals surface area contributed by atoms with Crippen molar-refractivity contribution in [2.75, 3.05) is 44.3 Å². The van der Waals surface area contributed by atoms with Crippen LogP contribution in [0.3, 0.4) is 0 Å². The third-order valence-corrected chi connectivity index (χ3v) is 6.74. The normalized spacial score (nSPS) is 18.3. The first-order valence-electron chi connectivity index (χ1n) is 11.6. The quantitative estimate of drug-likeness (QED) is 0.603. The second-order valence-electron chi connectivity index (χ2n) is 8.71. The number of fused-ring (bicyclic) bond motifs is 3. The van der Waals surface area contributed by atoms with Gasteiger partial charge in [-0.05, 0) is 37.0 Å². The van der Waals surface area contributed by atoms with Crippen molar-refractivity contribution < 1.29 is 14.6 Å². The number of piperazine rings is 1. The molecule has 0 aromatic carbocycles. The summed E-state index contributed by atoms with van der Waals surface area (Å²) in [4.78, 5) is 38.9. The van der Waals surface area contributed by atoms with Crippen LogP contribution in [0.25, 0.3) is 11.4 Å². The highest BCUT2D eigenvalue weighted by Crippen LogP contribution is 2.28. The Bertz CT molecular complexity index is 1370. The first-order valence-corrected chi connectivity index (χ1v) is 11.6. The van der Waals surface area contributed by atoms with Crippen molar-refractivity contribution in [3.8, 4) is 5.75 Å². The molecule has 0 spiro atoms. The van der Waals surface area contributed by atoms with E-state index < -0.39 is 0 Å². The van der Waals surface area contributed by atoms with Gasteiger partial charge < -0.3 is 24.2 Å². The Morgan fingerprint density at radius 3 is 2.74 bits per heavy atom. The minimum absolute atomic E-state index is 0.0518. The summed E-state index contributed by atoms with van der Waals surface area (Å²) in [6, 6.07) is 3.04. The Hall–Kier alpha value is -3.73. The number of aromatic nitrogens is 5. The monoisotopic (exact) mass is 463 g/mol. The van der Waals surface area contributed by atoms with Crippen molar-refractivity contribution in [1.29, 1.82) is 0 Å². The van der Waals surface area contributed by atoms with Gasteiger partial charge in [0.15, 0.2) is 11.5 Å². The number of nitrogens with zero attached hydrogens (tertiary/aromatic N) is 7. The standard InChI is InChI=1S/C23H25N7O4/c31-17-4-1-7-24-18(17)21(32)28-11-9-27(10-12-28)19-16-3-2-8-29(16)23-25-20(26-30(23)22(19)33)15-5-13-34-14-6-15/h1,4-5,7,31H,2-3,6,8-14H2. The number of ether oxygens (including phenoxy) is 1. The zero-order valence-corrected chi connectivity index (χ0v) is 18.7. The lowest BCUT2D eigenvalue weighted by molar-refractivity contribution is 0.0737. The van der Waals surface area contributed by atoms with Crippen LogP contribution in [0, 0.1) is 0 Å². The van der Waals surface area contributed by atoms with Crippen LogP contribution in [0.5, 0.6) is 5.75 Å². The molecular formula is C23H25N7O4. The number of rotatable bonds is 3. The molecule has 3 aliphatic rings. The van der Waals surface area contributed by atoms with E-state index in [1.807, 2.05) is 6.08 Å². The van der Waals surface area contributed by atoms with E-state index in [4.69, 9.17) is 9.72 Å². The van der Waals surface area contributed by atoms with Crippen LogP contribution in [0.2, 0.25) is 0 Å². The van der Waals surface area contributed by atoms with Crippen molar-refractivity contribution in [3.63, 3.8) is 0 Å². The number of aryl methyl sites for hydroxylation is 1. The van der Waals surface area contributed by atoms with Gasteiger partial charge in [0.05, 0.1) is 18.9 Å². The van der Waals surface area contributed by atoms with Crippen LogP contribution in [0.4, 0.5) is 5.69 Å². The SMILES string of the molecule is O=C(c1ncccc1O)N1CCN(c2c3n(c4nc(C5=CCOCC5)nn4c2=O)CCC3)CC1. The number of hydrogen-bond donors (Lipinski definition) is 1. The molecule has 11 heteroatoms. The second kappa shape index (κ2) is 8.24. The molecule has 3 aromatic rings. The Morgan fingerprint density at radius 1 is 1.12 bits per heavy atom. The minimum Gasteiger partial charge on any atom is -0.505 e. The summed E-state index contributed by atoms with van der Waals surface area (Å²) < 4.78 is 8.93. The van der Waals surface area contributed by atoms with Crippen molar-refractivity contribution >= 4 is 22.9 Å². The van der Waals surface area contributed by atoms with Crippen LogP contribution in [-0.4, -0.2) is 79.5 Å². The summed E-state index contributed by atoms with van der Waals surface area (Å²) in [6.07, 6.45) is 5.95. The van der Waals surface area contributed by atoms with Crippen LogP contribution >= 0.6 is 0 Å². The number of anilines is 1. The lowest BCUT2D eigenvalue weighted by atomic mass is 10.1. The maximum atomic E-state index is 13.6. The van der Waals surface area contributed by atoms with E-state index in [9.17, 15) is 14.7 Å². The molecule has 0 bridgehead atoms. The fraction of sp³-hybridized carbons (Fsp3) is 0.435. The summed E-state index contributed by atoms with van der Waals surface area (Å²) in [7, 11) is 0. The van der Waals surface area contributed by atoms with Gasteiger partial charge in [-0.2, -0.15) is 9.50 Å². The summed E-state index contributed by atoms with van der Waals surface area (Å²) in [6.45, 7) is 3.84. The molecule has 6 heterocycles. The van der Waals surface area contributed by atoms with E-state index in [-0.39, 0.29) is 22.9 Å². The fourth-order valence-electron chi connectivity index (χ4n) is 5.01. The van der Waals surface area contributed by atoms with Gasteiger partial charge in [0, 0.05) is 38.9 Å². The lowest BCUT2D eigenvalue weighted by Crippen LogP contribution is -2.50. The highest BCUT2D eigenvalue weighted by molar-refractivity contribution is 5.95. The highest BCUT2D eigenvalue weighted by atomic mass is 16.5. The lowest BCUT2D eigenvalue weighted by Gasteiger charge is -2.36. The third kappa shape index (κ3) is 3.35. The predicted octanol–water partition coefficient (Wildman–Crippen LogP) is 0.704. The summed E-state index contributed by atoms with van der Waals surface area (Å²) in [5.41, 5.74) is 2.52. The van der Waals surface area contributed by atoms with Crippen molar-refractivity contribution in [2.24, 2.45) is 0 Å². The summed E-state index contributed by atoms with van der Waals surface area (Å²) in [5.74, 6) is 0.742. The second-order valence-corrected chi connectivity index (χ2v) is 8.71. The summed E-state index contributed by atoms with van der Waals surface area (Å²) in [5, 5.41) is 14.6. The molecule has 1 saturated heterocycles. The highest BCUT2D eigenvalue weighted by Gasteiger charge is 2.31. The van der Waals surface area contributed by atoms with Gasteiger partial charge in [0.2, 0.25) is 5.78 Å². The molecule has 0 saturated carbocycles. The zero-order valence-electron chi connectivity index (χ0n) is 18.7. The molecule has 1 fully saturated rings. The van der Waals surface area contributed by atoms with Gasteiger partial charge in [-0.15, -0.1) is 5.10 Å². The van der Waals surface area contributed by atoms with Gasteiger partial charge in [-0.25, -0.2) is 4.98 Å². The number of pyridine rings is 1. The molecular weight excluding hydrogens is 438 g/mol. The van der Waals surface area contributed by atoms with Crippen LogP contribution < -0.4 is 10.5 Å². The number of aromatic hydroxyl groups is 1. The van der Waals surface area contributed by atoms with Gasteiger partial charge >= 0.3 is 0 Å². The number of amides is 1. The Balaban J connectivity index is 1.31. The molecule has 0 unspecified atom stereocenters.